The minimum absolute atomic E-state index is 0.0270. The number of thioether (sulfide) groups is 3. The first-order chi connectivity index (χ1) is 19.4. The molecule has 1 aromatic heterocycles. The van der Waals surface area contributed by atoms with Crippen molar-refractivity contribution in [2.45, 2.75) is 32.2 Å². The fourth-order valence-corrected chi connectivity index (χ4v) is 7.72. The second-order valence-electron chi connectivity index (χ2n) is 9.75. The summed E-state index contributed by atoms with van der Waals surface area (Å²) < 4.78 is 10.3. The quantitative estimate of drug-likeness (QED) is 0.124. The second-order valence-corrected chi connectivity index (χ2v) is 13.8. The lowest BCUT2D eigenvalue weighted by molar-refractivity contribution is -0.173. The van der Waals surface area contributed by atoms with Crippen LogP contribution in [0.4, 0.5) is 5.13 Å². The van der Waals surface area contributed by atoms with Gasteiger partial charge in [0, 0.05) is 28.7 Å². The van der Waals surface area contributed by atoms with Crippen molar-refractivity contribution in [3.63, 3.8) is 0 Å². The first kappa shape index (κ1) is 30.9. The van der Waals surface area contributed by atoms with Crippen molar-refractivity contribution in [3.05, 3.63) is 33.3 Å². The summed E-state index contributed by atoms with van der Waals surface area (Å²) >= 11 is 5.07. The van der Waals surface area contributed by atoms with E-state index in [-0.39, 0.29) is 27.3 Å². The van der Waals surface area contributed by atoms with Gasteiger partial charge in [-0.1, -0.05) is 16.9 Å². The number of hydrogen-bond acceptors (Lipinski definition) is 15. The number of carbonyl (C=O) groups excluding carboxylic acids is 5. The minimum atomic E-state index is -0.965. The Morgan fingerprint density at radius 3 is 2.61 bits per heavy atom. The van der Waals surface area contributed by atoms with E-state index in [1.54, 1.807) is 26.8 Å². The molecule has 0 bridgehead atoms. The summed E-state index contributed by atoms with van der Waals surface area (Å²) in [6.07, 6.45) is 1.55. The summed E-state index contributed by atoms with van der Waals surface area (Å²) in [6, 6.07) is -0.965. The number of aromatic nitrogens is 1. The Kier molecular flexibility index (Phi) is 9.71. The third-order valence-electron chi connectivity index (χ3n) is 5.75. The summed E-state index contributed by atoms with van der Waals surface area (Å²) in [7, 11) is 1.27. The number of oxime groups is 1. The highest BCUT2D eigenvalue weighted by molar-refractivity contribution is 8.16. The van der Waals surface area contributed by atoms with Gasteiger partial charge in [0.2, 0.25) is 11.9 Å². The van der Waals surface area contributed by atoms with Gasteiger partial charge >= 0.3 is 11.9 Å². The van der Waals surface area contributed by atoms with Gasteiger partial charge in [0.05, 0.1) is 5.41 Å². The number of carbonyl (C=O) groups is 5. The molecule has 3 aliphatic heterocycles. The van der Waals surface area contributed by atoms with Crippen LogP contribution >= 0.6 is 46.6 Å². The Labute approximate surface area is 252 Å². The predicted molar refractivity (Wildman–Crippen MR) is 157 cm³/mol. The van der Waals surface area contributed by atoms with Crippen LogP contribution in [0.15, 0.2) is 32.8 Å². The molecule has 3 aliphatic rings. The van der Waals surface area contributed by atoms with E-state index in [9.17, 15) is 24.0 Å². The van der Waals surface area contributed by atoms with Crippen LogP contribution in [-0.4, -0.2) is 87.0 Å². The van der Waals surface area contributed by atoms with Gasteiger partial charge in [-0.2, -0.15) is 0 Å². The standard InChI is InChI=1S/C24H27N5O8S4/c1-24(2,3)22(34)37-10-36-21(33)17-11(6-38-12-5-14(30)39-8-12)7-40-20-16(19(32)29(17)20)27-18(31)15(28-35-4)13-9-41-23(25)26-13/h5,9,16,20H,6-8,10H2,1-4H3,(H2,25,26)(H,27,31)/b28-15-/t16-,20-/m1/s1. The van der Waals surface area contributed by atoms with Gasteiger partial charge in [-0.15, -0.1) is 34.9 Å². The highest BCUT2D eigenvalue weighted by Crippen LogP contribution is 2.42. The molecule has 41 heavy (non-hydrogen) atoms. The molecule has 13 nitrogen and oxygen atoms in total. The maximum Gasteiger partial charge on any atom is 0.357 e. The van der Waals surface area contributed by atoms with Crippen molar-refractivity contribution in [2.24, 2.45) is 10.6 Å². The highest BCUT2D eigenvalue weighted by Gasteiger charge is 2.54. The number of β-lactam (4-membered cyclic amide) rings is 1. The number of fused-ring (bicyclic) bond motifs is 1. The lowest BCUT2D eigenvalue weighted by atomic mass is 9.98. The molecule has 0 aliphatic carbocycles. The number of nitrogen functional groups attached to an aromatic ring is 1. The number of amides is 2. The summed E-state index contributed by atoms with van der Waals surface area (Å²) in [4.78, 5) is 74.3. The number of anilines is 1. The summed E-state index contributed by atoms with van der Waals surface area (Å²) in [5, 5.41) is 7.52. The average Bonchev–Trinajstić information content (AvgIpc) is 3.54. The molecule has 1 aromatic rings. The van der Waals surface area contributed by atoms with Crippen molar-refractivity contribution in [1.82, 2.24) is 15.2 Å². The van der Waals surface area contributed by atoms with E-state index >= 15 is 0 Å². The monoisotopic (exact) mass is 641 g/mol. The van der Waals surface area contributed by atoms with Gasteiger partial charge in [-0.25, -0.2) is 9.78 Å². The van der Waals surface area contributed by atoms with Crippen LogP contribution in [-0.2, 0) is 38.3 Å². The van der Waals surface area contributed by atoms with Gasteiger partial charge in [0.25, 0.3) is 11.8 Å². The first-order valence-electron chi connectivity index (χ1n) is 12.0. The molecule has 3 N–H and O–H groups in total. The van der Waals surface area contributed by atoms with Crippen LogP contribution in [0.5, 0.6) is 0 Å². The zero-order valence-corrected chi connectivity index (χ0v) is 25.7. The third kappa shape index (κ3) is 7.07. The van der Waals surface area contributed by atoms with Crippen LogP contribution in [0.2, 0.25) is 0 Å². The molecule has 17 heteroatoms. The molecule has 2 atom stereocenters. The molecule has 4 heterocycles. The average molecular weight is 642 g/mol. The van der Waals surface area contributed by atoms with Gasteiger partial charge in [0.1, 0.15) is 29.9 Å². The van der Waals surface area contributed by atoms with E-state index < -0.39 is 47.4 Å². The Morgan fingerprint density at radius 2 is 2.00 bits per heavy atom. The topological polar surface area (TPSA) is 180 Å². The zero-order valence-electron chi connectivity index (χ0n) is 22.5. The van der Waals surface area contributed by atoms with Crippen LogP contribution in [0, 0.1) is 5.41 Å². The van der Waals surface area contributed by atoms with Crippen LogP contribution < -0.4 is 11.1 Å². The molecular weight excluding hydrogens is 615 g/mol. The fourth-order valence-electron chi connectivity index (χ4n) is 3.73. The fraction of sp³-hybridized carbons (Fsp3) is 0.458. The lowest BCUT2D eigenvalue weighted by Gasteiger charge is -2.49. The number of esters is 2. The van der Waals surface area contributed by atoms with Crippen molar-refractivity contribution in [3.8, 4) is 0 Å². The third-order valence-corrected chi connectivity index (χ3v) is 9.93. The van der Waals surface area contributed by atoms with Gasteiger partial charge in [-0.05, 0) is 31.2 Å². The largest absolute Gasteiger partial charge is 0.427 e. The molecule has 220 valence electrons. The van der Waals surface area contributed by atoms with Gasteiger partial charge in [-0.3, -0.25) is 24.1 Å². The highest BCUT2D eigenvalue weighted by atomic mass is 32.2. The SMILES string of the molecule is CO/N=C(\C(=O)N[C@@H]1C(=O)N2C(C(=O)OCOC(=O)C(C)(C)C)=C(CSC3=CC(=O)SC3)CS[C@H]12)c1csc(N)n1. The number of ether oxygens (including phenoxy) is 2. The maximum atomic E-state index is 13.3. The molecule has 0 saturated carbocycles. The maximum absolute atomic E-state index is 13.3. The van der Waals surface area contributed by atoms with E-state index in [4.69, 9.17) is 20.0 Å². The van der Waals surface area contributed by atoms with E-state index in [2.05, 4.69) is 15.5 Å². The number of thiazole rings is 1. The lowest BCUT2D eigenvalue weighted by Crippen LogP contribution is -2.71. The van der Waals surface area contributed by atoms with Crippen LogP contribution in [0.1, 0.15) is 26.5 Å². The molecular formula is C24H27N5O8S4. The zero-order chi connectivity index (χ0) is 29.9. The van der Waals surface area contributed by atoms with E-state index in [0.717, 1.165) is 16.2 Å². The second kappa shape index (κ2) is 12.9. The Hall–Kier alpha value is -3.02. The van der Waals surface area contributed by atoms with Gasteiger partial charge < -0.3 is 25.4 Å². The molecule has 2 amide bonds. The van der Waals surface area contributed by atoms with E-state index in [0.29, 0.717) is 22.8 Å². The van der Waals surface area contributed by atoms with E-state index in [1.165, 1.54) is 52.7 Å². The molecule has 0 unspecified atom stereocenters. The summed E-state index contributed by atoms with van der Waals surface area (Å²) in [5.74, 6) is -1.39. The van der Waals surface area contributed by atoms with Crippen LogP contribution in [0.25, 0.3) is 0 Å². The predicted octanol–water partition coefficient (Wildman–Crippen LogP) is 1.71. The van der Waals surface area contributed by atoms with Crippen molar-refractivity contribution in [1.29, 1.82) is 0 Å². The summed E-state index contributed by atoms with van der Waals surface area (Å²) in [6.45, 7) is 4.37. The molecule has 4 rings (SSSR count). The number of nitrogens with zero attached hydrogens (tertiary/aromatic N) is 3. The molecule has 1 fully saturated rings. The number of nitrogens with two attached hydrogens (primary N) is 1. The van der Waals surface area contributed by atoms with E-state index in [1.807, 2.05) is 0 Å². The minimum Gasteiger partial charge on any atom is -0.427 e. The number of rotatable bonds is 10. The number of nitrogens with one attached hydrogen (secondary N) is 1. The Bertz CT molecular complexity index is 1370. The normalized spacial score (nSPS) is 20.7. The Balaban J connectivity index is 1.51. The summed E-state index contributed by atoms with van der Waals surface area (Å²) in [5.41, 5.74) is 5.57. The van der Waals surface area contributed by atoms with Crippen LogP contribution in [0.3, 0.4) is 0 Å². The van der Waals surface area contributed by atoms with Crippen molar-refractivity contribution >= 4 is 86.3 Å². The van der Waals surface area contributed by atoms with Gasteiger partial charge in [0.15, 0.2) is 10.8 Å². The molecule has 0 aromatic carbocycles. The van der Waals surface area contributed by atoms with Crippen molar-refractivity contribution in [2.75, 3.05) is 36.9 Å². The molecule has 0 spiro atoms. The molecule has 0 radical (unpaired) electrons. The molecule has 1 saturated heterocycles. The number of hydrogen-bond donors (Lipinski definition) is 2. The Morgan fingerprint density at radius 1 is 1.24 bits per heavy atom. The first-order valence-corrected chi connectivity index (χ1v) is 15.9. The van der Waals surface area contributed by atoms with Crippen molar-refractivity contribution < 1.29 is 38.3 Å². The smallest absolute Gasteiger partial charge is 0.357 e.